The Balaban J connectivity index is 1.04. The summed E-state index contributed by atoms with van der Waals surface area (Å²) < 4.78 is 6.01. The molecule has 7 aromatic carbocycles. The maximum Gasteiger partial charge on any atom is 0.135 e. The van der Waals surface area contributed by atoms with Crippen LogP contribution in [0.5, 0.6) is 0 Å². The van der Waals surface area contributed by atoms with Gasteiger partial charge in [-0.15, -0.1) is 0 Å². The highest BCUT2D eigenvalue weighted by Gasteiger charge is 2.21. The molecule has 8 aromatic rings. The van der Waals surface area contributed by atoms with Gasteiger partial charge in [0, 0.05) is 10.8 Å². The summed E-state index contributed by atoms with van der Waals surface area (Å²) in [5, 5.41) is 4.98. The van der Waals surface area contributed by atoms with E-state index in [1.807, 2.05) is 12.1 Å². The van der Waals surface area contributed by atoms with Gasteiger partial charge in [0.2, 0.25) is 0 Å². The number of fused-ring (bicyclic) bond motifs is 6. The molecule has 1 aliphatic rings. The van der Waals surface area contributed by atoms with Crippen LogP contribution in [0.3, 0.4) is 0 Å². The Hall–Kier alpha value is -5.40. The lowest BCUT2D eigenvalue weighted by atomic mass is 9.94. The summed E-state index contributed by atoms with van der Waals surface area (Å²) in [7, 11) is 0. The molecule has 9 rings (SSSR count). The molecular weight excluding hydrogens is 496 g/mol. The molecule has 0 bridgehead atoms. The van der Waals surface area contributed by atoms with Crippen LogP contribution in [0.2, 0.25) is 0 Å². The third kappa shape index (κ3) is 3.43. The summed E-state index contributed by atoms with van der Waals surface area (Å²) in [5.74, 6) is 0. The molecular formula is C40H24O. The molecule has 0 atom stereocenters. The first-order valence-electron chi connectivity index (χ1n) is 14.1. The molecule has 190 valence electrons. The molecule has 1 heteroatoms. The Morgan fingerprint density at radius 1 is 0.317 bits per heavy atom. The van der Waals surface area contributed by atoms with Gasteiger partial charge in [-0.2, -0.15) is 0 Å². The van der Waals surface area contributed by atoms with Crippen LogP contribution < -0.4 is 0 Å². The number of para-hydroxylation sites is 1. The van der Waals surface area contributed by atoms with Crippen LogP contribution in [0.25, 0.3) is 88.3 Å². The van der Waals surface area contributed by atoms with Crippen LogP contribution in [0.4, 0.5) is 0 Å². The predicted molar refractivity (Wildman–Crippen MR) is 172 cm³/mol. The van der Waals surface area contributed by atoms with Crippen LogP contribution in [0.1, 0.15) is 0 Å². The van der Waals surface area contributed by atoms with Gasteiger partial charge in [-0.3, -0.25) is 0 Å². The molecule has 1 nitrogen and oxygen atoms in total. The highest BCUT2D eigenvalue weighted by molar-refractivity contribution is 6.16. The number of hydrogen-bond acceptors (Lipinski definition) is 1. The van der Waals surface area contributed by atoms with Crippen LogP contribution in [-0.2, 0) is 0 Å². The Morgan fingerprint density at radius 3 is 1.63 bits per heavy atom. The first-order valence-corrected chi connectivity index (χ1v) is 14.1. The van der Waals surface area contributed by atoms with Gasteiger partial charge in [-0.25, -0.2) is 0 Å². The quantitative estimate of drug-likeness (QED) is 0.226. The van der Waals surface area contributed by atoms with E-state index in [1.54, 1.807) is 0 Å². The van der Waals surface area contributed by atoms with E-state index in [2.05, 4.69) is 133 Å². The monoisotopic (exact) mass is 520 g/mol. The minimum Gasteiger partial charge on any atom is -0.456 e. The zero-order valence-corrected chi connectivity index (χ0v) is 22.3. The van der Waals surface area contributed by atoms with Gasteiger partial charge < -0.3 is 4.42 Å². The first-order chi connectivity index (χ1) is 20.3. The van der Waals surface area contributed by atoms with Crippen molar-refractivity contribution in [3.63, 3.8) is 0 Å². The second-order valence-electron chi connectivity index (χ2n) is 10.9. The third-order valence-electron chi connectivity index (χ3n) is 8.63. The molecule has 1 heterocycles. The lowest BCUT2D eigenvalue weighted by Gasteiger charge is -2.10. The highest BCUT2D eigenvalue weighted by Crippen LogP contribution is 2.48. The topological polar surface area (TPSA) is 13.1 Å². The maximum absolute atomic E-state index is 6.01. The van der Waals surface area contributed by atoms with Gasteiger partial charge in [0.05, 0.1) is 0 Å². The molecule has 0 N–H and O–H groups in total. The first kappa shape index (κ1) is 22.4. The van der Waals surface area contributed by atoms with Crippen molar-refractivity contribution >= 4 is 32.7 Å². The van der Waals surface area contributed by atoms with Crippen LogP contribution in [0, 0.1) is 0 Å². The third-order valence-corrected chi connectivity index (χ3v) is 8.63. The summed E-state index contributed by atoms with van der Waals surface area (Å²) in [6, 6.07) is 52.6. The Morgan fingerprint density at radius 2 is 0.878 bits per heavy atom. The summed E-state index contributed by atoms with van der Waals surface area (Å²) >= 11 is 0. The minimum atomic E-state index is 0.927. The van der Waals surface area contributed by atoms with E-state index >= 15 is 0 Å². The van der Waals surface area contributed by atoms with Crippen LogP contribution in [0.15, 0.2) is 150 Å². The number of benzene rings is 7. The predicted octanol–water partition coefficient (Wildman–Crippen LogP) is 11.4. The van der Waals surface area contributed by atoms with Crippen molar-refractivity contribution in [2.24, 2.45) is 0 Å². The van der Waals surface area contributed by atoms with Gasteiger partial charge in [-0.1, -0.05) is 115 Å². The molecule has 0 fully saturated rings. The zero-order valence-electron chi connectivity index (χ0n) is 22.3. The van der Waals surface area contributed by atoms with E-state index in [0.29, 0.717) is 0 Å². The van der Waals surface area contributed by atoms with Gasteiger partial charge in [-0.05, 0) is 96.7 Å². The fourth-order valence-corrected chi connectivity index (χ4v) is 6.60. The summed E-state index contributed by atoms with van der Waals surface area (Å²) in [5.41, 5.74) is 14.5. The van der Waals surface area contributed by atoms with Crippen molar-refractivity contribution in [1.82, 2.24) is 0 Å². The average Bonchev–Trinajstić information content (AvgIpc) is 3.58. The molecule has 1 aliphatic carbocycles. The van der Waals surface area contributed by atoms with Gasteiger partial charge in [0.25, 0.3) is 0 Å². The Labute approximate surface area is 237 Å². The fraction of sp³-hybridized carbons (Fsp3) is 0. The number of hydrogen-bond donors (Lipinski definition) is 0. The van der Waals surface area contributed by atoms with Crippen molar-refractivity contribution < 1.29 is 4.42 Å². The van der Waals surface area contributed by atoms with Gasteiger partial charge >= 0.3 is 0 Å². The van der Waals surface area contributed by atoms with Gasteiger partial charge in [0.15, 0.2) is 0 Å². The summed E-state index contributed by atoms with van der Waals surface area (Å²) in [4.78, 5) is 0. The lowest BCUT2D eigenvalue weighted by Crippen LogP contribution is -1.84. The van der Waals surface area contributed by atoms with E-state index in [4.69, 9.17) is 4.42 Å². The van der Waals surface area contributed by atoms with Crippen LogP contribution >= 0.6 is 0 Å². The second-order valence-corrected chi connectivity index (χ2v) is 10.9. The molecule has 0 aliphatic heterocycles. The lowest BCUT2D eigenvalue weighted by molar-refractivity contribution is 0.669. The number of furan rings is 1. The normalized spacial score (nSPS) is 11.9. The molecule has 0 saturated carbocycles. The fourth-order valence-electron chi connectivity index (χ4n) is 6.60. The molecule has 0 unspecified atom stereocenters. The molecule has 0 saturated heterocycles. The van der Waals surface area contributed by atoms with E-state index in [0.717, 1.165) is 21.9 Å². The van der Waals surface area contributed by atoms with Crippen molar-refractivity contribution in [3.8, 4) is 55.6 Å². The van der Waals surface area contributed by atoms with Crippen molar-refractivity contribution in [2.75, 3.05) is 0 Å². The maximum atomic E-state index is 6.01. The number of rotatable bonds is 3. The van der Waals surface area contributed by atoms with E-state index in [9.17, 15) is 0 Å². The SMILES string of the molecule is c1ccc2c(c1)-c1cccc3cc(-c4ccc(-c5ccc(-c6ccc7oc8ccccc8c7c6)cc5)cc4)cc-2c13. The van der Waals surface area contributed by atoms with E-state index < -0.39 is 0 Å². The zero-order chi connectivity index (χ0) is 26.9. The minimum absolute atomic E-state index is 0.927. The van der Waals surface area contributed by atoms with Crippen molar-refractivity contribution in [2.45, 2.75) is 0 Å². The average molecular weight is 521 g/mol. The molecule has 0 radical (unpaired) electrons. The second kappa shape index (κ2) is 8.55. The summed E-state index contributed by atoms with van der Waals surface area (Å²) in [6.45, 7) is 0. The Bertz CT molecular complexity index is 2280. The largest absolute Gasteiger partial charge is 0.456 e. The van der Waals surface area contributed by atoms with E-state index in [-0.39, 0.29) is 0 Å². The Kier molecular flexibility index (Phi) is 4.67. The van der Waals surface area contributed by atoms with Gasteiger partial charge in [0.1, 0.15) is 11.2 Å². The summed E-state index contributed by atoms with van der Waals surface area (Å²) in [6.07, 6.45) is 0. The highest BCUT2D eigenvalue weighted by atomic mass is 16.3. The van der Waals surface area contributed by atoms with Crippen LogP contribution in [-0.4, -0.2) is 0 Å². The standard InChI is InChI=1S/C40H24O/c1-2-8-33-32(7-1)35-10-5-6-30-22-31(24-37(33)40(30)35)28-18-14-26(15-19-28)25-12-16-27(17-13-25)29-20-21-39-36(23-29)34-9-3-4-11-38(34)41-39/h1-24H. The molecule has 1 aromatic heterocycles. The van der Waals surface area contributed by atoms with Crippen molar-refractivity contribution in [3.05, 3.63) is 146 Å². The molecule has 41 heavy (non-hydrogen) atoms. The smallest absolute Gasteiger partial charge is 0.135 e. The van der Waals surface area contributed by atoms with E-state index in [1.165, 1.54) is 66.4 Å². The molecule has 0 amide bonds. The molecule has 0 spiro atoms. The van der Waals surface area contributed by atoms with Crippen molar-refractivity contribution in [1.29, 1.82) is 0 Å².